The van der Waals surface area contributed by atoms with Gasteiger partial charge in [0.2, 0.25) is 11.6 Å². The van der Waals surface area contributed by atoms with Gasteiger partial charge in [0.25, 0.3) is 0 Å². The van der Waals surface area contributed by atoms with Gasteiger partial charge in [-0.3, -0.25) is 9.36 Å². The molecule has 12 nitrogen and oxygen atoms in total. The summed E-state index contributed by atoms with van der Waals surface area (Å²) in [7, 11) is 0. The minimum absolute atomic E-state index is 0.0586. The second-order valence-electron chi connectivity index (χ2n) is 10.0. The highest BCUT2D eigenvalue weighted by molar-refractivity contribution is 6.07. The number of nitrogen functional groups attached to an aromatic ring is 1. The van der Waals surface area contributed by atoms with Gasteiger partial charge in [-0.15, -0.1) is 0 Å². The van der Waals surface area contributed by atoms with E-state index in [-0.39, 0.29) is 36.0 Å². The molecule has 0 radical (unpaired) electrons. The third-order valence-electron chi connectivity index (χ3n) is 7.30. The predicted octanol–water partition coefficient (Wildman–Crippen LogP) is 2.35. The lowest BCUT2D eigenvalue weighted by atomic mass is 10.1. The van der Waals surface area contributed by atoms with Crippen molar-refractivity contribution < 1.29 is 33.6 Å². The minimum atomic E-state index is -1.10. The zero-order valence-electron chi connectivity index (χ0n) is 21.6. The van der Waals surface area contributed by atoms with Crippen molar-refractivity contribution in [3.05, 3.63) is 48.0 Å². The summed E-state index contributed by atoms with van der Waals surface area (Å²) in [6, 6.07) is 8.71. The molecule has 3 N–H and O–H groups in total. The van der Waals surface area contributed by atoms with E-state index in [1.807, 2.05) is 6.07 Å². The number of aliphatic hydroxyl groups is 1. The number of carbonyl (C=O) groups is 1. The Morgan fingerprint density at radius 2 is 1.79 bits per heavy atom. The van der Waals surface area contributed by atoms with Gasteiger partial charge in [-0.25, -0.2) is 15.0 Å². The number of benzene rings is 1. The fraction of sp³-hybridized carbons (Fsp3) is 0.556. The standard InChI is InChI=1S/C27H33N5O7/c28-24-20-26(31-25(30-24)21(33)16-8-2-1-3-9-16)32(15-29-20)27-22(34)23(39-19-11-5-7-13-36-19)17(38-27)14-37-18-10-4-6-12-35-18/h1-3,8-9,15,17-19,22-23,27,34H,4-7,10-14H2,(H2,28,30,31)/t17-,18?,19?,22+,23-,27-/m1/s1. The van der Waals surface area contributed by atoms with Crippen LogP contribution in [0.4, 0.5) is 5.82 Å². The molecular formula is C27H33N5O7. The molecule has 3 aliphatic rings. The number of ether oxygens (including phenoxy) is 5. The van der Waals surface area contributed by atoms with E-state index in [1.54, 1.807) is 28.8 Å². The molecular weight excluding hydrogens is 506 g/mol. The monoisotopic (exact) mass is 539 g/mol. The fourth-order valence-electron chi connectivity index (χ4n) is 5.23. The first-order chi connectivity index (χ1) is 19.1. The van der Waals surface area contributed by atoms with Gasteiger partial charge < -0.3 is 34.5 Å². The highest BCUT2D eigenvalue weighted by Gasteiger charge is 2.48. The van der Waals surface area contributed by atoms with Crippen LogP contribution < -0.4 is 5.73 Å². The van der Waals surface area contributed by atoms with Gasteiger partial charge >= 0.3 is 0 Å². The summed E-state index contributed by atoms with van der Waals surface area (Å²) in [5.41, 5.74) is 7.18. The summed E-state index contributed by atoms with van der Waals surface area (Å²) < 4.78 is 31.6. The third-order valence-corrected chi connectivity index (χ3v) is 7.30. The summed E-state index contributed by atoms with van der Waals surface area (Å²) in [5, 5.41) is 11.5. The molecule has 3 aromatic rings. The summed E-state index contributed by atoms with van der Waals surface area (Å²) in [6.45, 7) is 1.43. The minimum Gasteiger partial charge on any atom is -0.386 e. The van der Waals surface area contributed by atoms with Crippen molar-refractivity contribution in [3.63, 3.8) is 0 Å². The molecule has 2 unspecified atom stereocenters. The fourth-order valence-corrected chi connectivity index (χ4v) is 5.23. The van der Waals surface area contributed by atoms with Crippen LogP contribution in [0, 0.1) is 0 Å². The SMILES string of the molecule is Nc1nc(C(=O)c2ccccc2)nc2c1ncn2[C@@H]1O[C@H](COC2CCCCO2)[C@@H](OC2CCCCO2)[C@@H]1O. The maximum atomic E-state index is 13.1. The van der Waals surface area contributed by atoms with Crippen molar-refractivity contribution in [2.24, 2.45) is 0 Å². The zero-order valence-corrected chi connectivity index (χ0v) is 21.6. The molecule has 6 atom stereocenters. The van der Waals surface area contributed by atoms with E-state index >= 15 is 0 Å². The Labute approximate surface area is 225 Å². The van der Waals surface area contributed by atoms with Crippen LogP contribution in [0.5, 0.6) is 0 Å². The number of hydrogen-bond donors (Lipinski definition) is 2. The van der Waals surface area contributed by atoms with Crippen LogP contribution in [-0.2, 0) is 23.7 Å². The van der Waals surface area contributed by atoms with Gasteiger partial charge in [0.15, 0.2) is 30.3 Å². The van der Waals surface area contributed by atoms with Crippen LogP contribution >= 0.6 is 0 Å². The summed E-state index contributed by atoms with van der Waals surface area (Å²) in [6.07, 6.45) is 2.89. The molecule has 0 aliphatic carbocycles. The molecule has 0 amide bonds. The number of fused-ring (bicyclic) bond motifs is 1. The van der Waals surface area contributed by atoms with Crippen LogP contribution in [0.2, 0.25) is 0 Å². The quantitative estimate of drug-likeness (QED) is 0.406. The van der Waals surface area contributed by atoms with Gasteiger partial charge in [-0.05, 0) is 38.5 Å². The van der Waals surface area contributed by atoms with Gasteiger partial charge in [-0.2, -0.15) is 0 Å². The molecule has 208 valence electrons. The lowest BCUT2D eigenvalue weighted by Gasteiger charge is -2.30. The number of anilines is 1. The molecule has 6 rings (SSSR count). The van der Waals surface area contributed by atoms with E-state index in [0.29, 0.717) is 24.3 Å². The molecule has 0 bridgehead atoms. The van der Waals surface area contributed by atoms with E-state index in [1.165, 1.54) is 6.33 Å². The van der Waals surface area contributed by atoms with Gasteiger partial charge in [0.05, 0.1) is 12.9 Å². The number of aliphatic hydroxyl groups excluding tert-OH is 1. The summed E-state index contributed by atoms with van der Waals surface area (Å²) in [5.74, 6) is -0.388. The molecule has 1 aromatic carbocycles. The Kier molecular flexibility index (Phi) is 7.82. The highest BCUT2D eigenvalue weighted by atomic mass is 16.7. The maximum absolute atomic E-state index is 13.1. The van der Waals surface area contributed by atoms with Crippen molar-refractivity contribution in [1.29, 1.82) is 0 Å². The molecule has 3 saturated heterocycles. The Morgan fingerprint density at radius 3 is 2.51 bits per heavy atom. The van der Waals surface area contributed by atoms with Crippen LogP contribution in [0.25, 0.3) is 11.2 Å². The maximum Gasteiger partial charge on any atom is 0.230 e. The van der Waals surface area contributed by atoms with Crippen molar-refractivity contribution in [2.75, 3.05) is 25.6 Å². The molecule has 0 spiro atoms. The van der Waals surface area contributed by atoms with E-state index < -0.39 is 30.8 Å². The number of nitrogens with two attached hydrogens (primary N) is 1. The first-order valence-electron chi connectivity index (χ1n) is 13.5. The van der Waals surface area contributed by atoms with Crippen molar-refractivity contribution in [2.45, 2.75) is 75.6 Å². The van der Waals surface area contributed by atoms with Gasteiger partial charge in [0.1, 0.15) is 23.8 Å². The first-order valence-corrected chi connectivity index (χ1v) is 13.5. The summed E-state index contributed by atoms with van der Waals surface area (Å²) in [4.78, 5) is 26.1. The first kappa shape index (κ1) is 26.2. The topological polar surface area (TPSA) is 153 Å². The average molecular weight is 540 g/mol. The number of imidazole rings is 1. The predicted molar refractivity (Wildman–Crippen MR) is 138 cm³/mol. The number of nitrogens with zero attached hydrogens (tertiary/aromatic N) is 4. The Balaban J connectivity index is 1.28. The van der Waals surface area contributed by atoms with Crippen LogP contribution in [0.1, 0.15) is 60.9 Å². The molecule has 3 fully saturated rings. The number of carbonyl (C=O) groups excluding carboxylic acids is 1. The molecule has 2 aromatic heterocycles. The summed E-state index contributed by atoms with van der Waals surface area (Å²) >= 11 is 0. The van der Waals surface area contributed by atoms with Crippen molar-refractivity contribution >= 4 is 22.8 Å². The number of rotatable bonds is 8. The van der Waals surface area contributed by atoms with Crippen LogP contribution in [0.15, 0.2) is 36.7 Å². The normalized spacial score (nSPS) is 29.6. The Morgan fingerprint density at radius 1 is 1.05 bits per heavy atom. The number of aromatic nitrogens is 4. The van der Waals surface area contributed by atoms with Gasteiger partial charge in [-0.1, -0.05) is 30.3 Å². The lowest BCUT2D eigenvalue weighted by Crippen LogP contribution is -2.41. The second kappa shape index (κ2) is 11.6. The largest absolute Gasteiger partial charge is 0.386 e. The third kappa shape index (κ3) is 5.53. The van der Waals surface area contributed by atoms with Gasteiger partial charge in [0, 0.05) is 18.8 Å². The number of hydrogen-bond acceptors (Lipinski definition) is 11. The Hall–Kier alpha value is -3.00. The van der Waals surface area contributed by atoms with E-state index in [0.717, 1.165) is 38.5 Å². The second-order valence-corrected chi connectivity index (χ2v) is 10.0. The molecule has 0 saturated carbocycles. The molecule has 12 heteroatoms. The van der Waals surface area contributed by atoms with Crippen LogP contribution in [-0.4, -0.2) is 81.1 Å². The van der Waals surface area contributed by atoms with E-state index in [9.17, 15) is 9.90 Å². The zero-order chi connectivity index (χ0) is 26.8. The van der Waals surface area contributed by atoms with Crippen molar-refractivity contribution in [3.8, 4) is 0 Å². The number of ketones is 1. The molecule has 3 aliphatic heterocycles. The van der Waals surface area contributed by atoms with Crippen molar-refractivity contribution in [1.82, 2.24) is 19.5 Å². The average Bonchev–Trinajstić information content (AvgIpc) is 3.54. The van der Waals surface area contributed by atoms with Crippen LogP contribution in [0.3, 0.4) is 0 Å². The molecule has 39 heavy (non-hydrogen) atoms. The van der Waals surface area contributed by atoms with E-state index in [4.69, 9.17) is 29.4 Å². The highest BCUT2D eigenvalue weighted by Crippen LogP contribution is 2.36. The van der Waals surface area contributed by atoms with E-state index in [2.05, 4.69) is 15.0 Å². The smallest absolute Gasteiger partial charge is 0.230 e. The Bertz CT molecular complexity index is 1280. The molecule has 5 heterocycles. The lowest BCUT2D eigenvalue weighted by molar-refractivity contribution is -0.223.